The molecule has 1 aliphatic rings. The smallest absolute Gasteiger partial charge is 0.363 e. The van der Waals surface area contributed by atoms with Crippen LogP contribution in [0.1, 0.15) is 11.1 Å². The molecule has 0 fully saturated rings. The normalized spacial score (nSPS) is 14.2. The van der Waals surface area contributed by atoms with Crippen molar-refractivity contribution in [1.29, 1.82) is 0 Å². The van der Waals surface area contributed by atoms with E-state index in [1.165, 1.54) is 33.5 Å². The molecule has 0 saturated carbocycles. The fourth-order valence-corrected chi connectivity index (χ4v) is 2.65. The van der Waals surface area contributed by atoms with Gasteiger partial charge < -0.3 is 33.6 Å². The third-order valence-corrected chi connectivity index (χ3v) is 4.06. The van der Waals surface area contributed by atoms with Crippen LogP contribution in [0.4, 0.5) is 0 Å². The summed E-state index contributed by atoms with van der Waals surface area (Å²) in [7, 11) is 4.44. The summed E-state index contributed by atoms with van der Waals surface area (Å²) in [5.74, 6) is -0.292. The molecule has 0 aliphatic carbocycles. The summed E-state index contributed by atoms with van der Waals surface area (Å²) in [6.45, 7) is -0.610. The highest BCUT2D eigenvalue weighted by Crippen LogP contribution is 2.30. The van der Waals surface area contributed by atoms with Gasteiger partial charge in [-0.3, -0.25) is 0 Å². The monoisotopic (exact) mass is 412 g/mol. The molecule has 3 rings (SSSR count). The molecule has 1 aliphatic heterocycles. The molecule has 9 nitrogen and oxygen atoms in total. The topological polar surface area (TPSA) is 116 Å². The van der Waals surface area contributed by atoms with Gasteiger partial charge in [-0.05, 0) is 35.9 Å². The van der Waals surface area contributed by atoms with Gasteiger partial charge in [0.2, 0.25) is 5.90 Å². The molecule has 1 heterocycles. The SMILES string of the molecule is COc1cc(OC)cc(C2=N/C(=C\c3ccc(OCC(=O)[O-])c(OC)c3)C(=O)O2)c1. The van der Waals surface area contributed by atoms with Crippen molar-refractivity contribution in [3.8, 4) is 23.0 Å². The van der Waals surface area contributed by atoms with E-state index in [9.17, 15) is 14.7 Å². The van der Waals surface area contributed by atoms with E-state index in [-0.39, 0.29) is 17.3 Å². The maximum atomic E-state index is 12.3. The summed E-state index contributed by atoms with van der Waals surface area (Å²) in [6, 6.07) is 9.75. The number of ether oxygens (including phenoxy) is 5. The van der Waals surface area contributed by atoms with E-state index in [2.05, 4.69) is 4.99 Å². The van der Waals surface area contributed by atoms with Crippen LogP contribution < -0.4 is 24.1 Å². The van der Waals surface area contributed by atoms with Crippen LogP contribution in [0.3, 0.4) is 0 Å². The minimum atomic E-state index is -1.35. The largest absolute Gasteiger partial charge is 0.546 e. The Morgan fingerprint density at radius 1 is 1.03 bits per heavy atom. The van der Waals surface area contributed by atoms with Crippen LogP contribution in [0.25, 0.3) is 6.08 Å². The van der Waals surface area contributed by atoms with Crippen molar-refractivity contribution in [2.24, 2.45) is 4.99 Å². The fourth-order valence-electron chi connectivity index (χ4n) is 2.65. The number of hydrogen-bond donors (Lipinski definition) is 0. The lowest BCUT2D eigenvalue weighted by atomic mass is 10.1. The van der Waals surface area contributed by atoms with Crippen LogP contribution in [-0.4, -0.2) is 45.8 Å². The van der Waals surface area contributed by atoms with E-state index >= 15 is 0 Å². The molecule has 0 saturated heterocycles. The number of carbonyl (C=O) groups excluding carboxylic acids is 2. The molecule has 0 radical (unpaired) electrons. The first kappa shape index (κ1) is 20.7. The van der Waals surface area contributed by atoms with Crippen LogP contribution in [0.2, 0.25) is 0 Å². The third kappa shape index (κ3) is 4.69. The van der Waals surface area contributed by atoms with Crippen molar-refractivity contribution >= 4 is 23.9 Å². The summed E-state index contributed by atoms with van der Waals surface area (Å²) in [5.41, 5.74) is 1.18. The van der Waals surface area contributed by atoms with Gasteiger partial charge in [0.25, 0.3) is 0 Å². The highest BCUT2D eigenvalue weighted by atomic mass is 16.6. The number of aliphatic carboxylic acids is 1. The van der Waals surface area contributed by atoms with Crippen LogP contribution in [-0.2, 0) is 14.3 Å². The number of nitrogens with zero attached hydrogens (tertiary/aromatic N) is 1. The molecule has 30 heavy (non-hydrogen) atoms. The summed E-state index contributed by atoms with van der Waals surface area (Å²) in [6.07, 6.45) is 1.51. The number of hydrogen-bond acceptors (Lipinski definition) is 9. The van der Waals surface area contributed by atoms with Crippen LogP contribution in [0, 0.1) is 0 Å². The summed E-state index contributed by atoms with van der Waals surface area (Å²) in [4.78, 5) is 27.1. The molecule has 0 bridgehead atoms. The van der Waals surface area contributed by atoms with Crippen molar-refractivity contribution in [2.45, 2.75) is 0 Å². The number of methoxy groups -OCH3 is 3. The van der Waals surface area contributed by atoms with Gasteiger partial charge in [0.15, 0.2) is 17.2 Å². The Morgan fingerprint density at radius 3 is 2.33 bits per heavy atom. The minimum absolute atomic E-state index is 0.0808. The third-order valence-electron chi connectivity index (χ3n) is 4.06. The Bertz CT molecular complexity index is 1020. The quantitative estimate of drug-likeness (QED) is 0.469. The van der Waals surface area contributed by atoms with Gasteiger partial charge in [-0.2, -0.15) is 0 Å². The highest BCUT2D eigenvalue weighted by Gasteiger charge is 2.25. The second kappa shape index (κ2) is 8.99. The lowest BCUT2D eigenvalue weighted by Gasteiger charge is -2.11. The Balaban J connectivity index is 1.90. The number of cyclic esters (lactones) is 1. The lowest BCUT2D eigenvalue weighted by Crippen LogP contribution is -2.29. The molecule has 0 aromatic heterocycles. The fraction of sp³-hybridized carbons (Fsp3) is 0.190. The summed E-state index contributed by atoms with van der Waals surface area (Å²) < 4.78 is 26.0. The van der Waals surface area contributed by atoms with Gasteiger partial charge in [-0.25, -0.2) is 9.79 Å². The molecule has 0 atom stereocenters. The number of carboxylic acids is 1. The molecule has 156 valence electrons. The molecule has 0 N–H and O–H groups in total. The second-order valence-electron chi connectivity index (χ2n) is 6.01. The number of rotatable bonds is 8. The van der Waals surface area contributed by atoms with Gasteiger partial charge in [-0.1, -0.05) is 6.07 Å². The predicted octanol–water partition coefficient (Wildman–Crippen LogP) is 1.19. The highest BCUT2D eigenvalue weighted by molar-refractivity contribution is 6.13. The van der Waals surface area contributed by atoms with Crippen molar-refractivity contribution in [2.75, 3.05) is 27.9 Å². The Hall–Kier alpha value is -4.01. The zero-order valence-corrected chi connectivity index (χ0v) is 16.5. The van der Waals surface area contributed by atoms with Crippen LogP contribution >= 0.6 is 0 Å². The molecular weight excluding hydrogens is 394 g/mol. The number of aliphatic imine (C=N–C) groups is 1. The van der Waals surface area contributed by atoms with Crippen LogP contribution in [0.15, 0.2) is 47.1 Å². The molecule has 2 aromatic rings. The molecule has 0 spiro atoms. The van der Waals surface area contributed by atoms with Gasteiger partial charge >= 0.3 is 5.97 Å². The number of esters is 1. The minimum Gasteiger partial charge on any atom is -0.546 e. The zero-order valence-electron chi connectivity index (χ0n) is 16.5. The zero-order chi connectivity index (χ0) is 21.7. The number of benzene rings is 2. The molecular formula is C21H18NO8-. The van der Waals surface area contributed by atoms with E-state index in [0.717, 1.165) is 0 Å². The standard InChI is InChI=1S/C21H19NO8/c1-26-14-8-13(9-15(10-14)27-2)20-22-16(21(25)30-20)6-12-4-5-17(18(7-12)28-3)29-11-19(23)24/h4-10H,11H2,1-3H3,(H,23,24)/p-1/b16-6-. The molecule has 0 amide bonds. The Morgan fingerprint density at radius 2 is 1.73 bits per heavy atom. The lowest BCUT2D eigenvalue weighted by molar-refractivity contribution is -0.307. The first-order chi connectivity index (χ1) is 14.4. The first-order valence-corrected chi connectivity index (χ1v) is 8.70. The Labute approximate surface area is 172 Å². The predicted molar refractivity (Wildman–Crippen MR) is 104 cm³/mol. The van der Waals surface area contributed by atoms with Gasteiger partial charge in [0.1, 0.15) is 18.1 Å². The maximum absolute atomic E-state index is 12.3. The van der Waals surface area contributed by atoms with Crippen molar-refractivity contribution in [3.05, 3.63) is 53.2 Å². The van der Waals surface area contributed by atoms with Crippen molar-refractivity contribution in [3.63, 3.8) is 0 Å². The molecule has 9 heteroatoms. The molecule has 0 unspecified atom stereocenters. The van der Waals surface area contributed by atoms with Crippen molar-refractivity contribution < 1.29 is 38.4 Å². The van der Waals surface area contributed by atoms with E-state index in [4.69, 9.17) is 23.7 Å². The van der Waals surface area contributed by atoms with E-state index < -0.39 is 18.5 Å². The average Bonchev–Trinajstić information content (AvgIpc) is 3.12. The maximum Gasteiger partial charge on any atom is 0.363 e. The van der Waals surface area contributed by atoms with E-state index in [1.807, 2.05) is 0 Å². The van der Waals surface area contributed by atoms with Gasteiger partial charge in [0, 0.05) is 11.6 Å². The average molecular weight is 412 g/mol. The van der Waals surface area contributed by atoms with Crippen molar-refractivity contribution in [1.82, 2.24) is 0 Å². The summed E-state index contributed by atoms with van der Waals surface area (Å²) >= 11 is 0. The van der Waals surface area contributed by atoms with Crippen LogP contribution in [0.5, 0.6) is 23.0 Å². The summed E-state index contributed by atoms with van der Waals surface area (Å²) in [5, 5.41) is 10.6. The Kier molecular flexibility index (Phi) is 6.21. The van der Waals surface area contributed by atoms with E-state index in [0.29, 0.717) is 28.4 Å². The molecule has 2 aromatic carbocycles. The second-order valence-corrected chi connectivity index (χ2v) is 6.01. The van der Waals surface area contributed by atoms with Gasteiger partial charge in [-0.15, -0.1) is 0 Å². The first-order valence-electron chi connectivity index (χ1n) is 8.70. The number of carboxylic acid groups (broad SMARTS) is 1. The van der Waals surface area contributed by atoms with E-state index in [1.54, 1.807) is 30.3 Å². The van der Waals surface area contributed by atoms with Gasteiger partial charge in [0.05, 0.1) is 27.3 Å². The number of carbonyl (C=O) groups is 2.